The van der Waals surface area contributed by atoms with E-state index in [2.05, 4.69) is 0 Å². The molecule has 0 spiro atoms. The monoisotopic (exact) mass is 214 g/mol. The van der Waals surface area contributed by atoms with Gasteiger partial charge < -0.3 is 5.11 Å². The molecule has 4 heteroatoms. The second-order valence-corrected chi connectivity index (χ2v) is 3.59. The van der Waals surface area contributed by atoms with Gasteiger partial charge >= 0.3 is 5.97 Å². The van der Waals surface area contributed by atoms with Crippen molar-refractivity contribution in [1.29, 1.82) is 0 Å². The molecule has 0 aliphatic heterocycles. The number of carboxylic acid groups (broad SMARTS) is 1. The second kappa shape index (κ2) is 4.38. The van der Waals surface area contributed by atoms with Gasteiger partial charge in [0, 0.05) is 6.42 Å². The molecule has 1 aromatic carbocycles. The Morgan fingerprint density at radius 2 is 1.87 bits per heavy atom. The predicted molar refractivity (Wildman–Crippen MR) is 52.1 cm³/mol. The van der Waals surface area contributed by atoms with Gasteiger partial charge in [-0.25, -0.2) is 8.78 Å². The standard InChI is InChI=1S/C11H12F2O2/c1-8-2-4-9(5-3-8)6-11(12,13)7-10(14)15/h2-5H,6-7H2,1H3,(H,14,15). The Kier molecular flexibility index (Phi) is 3.39. The molecule has 0 saturated heterocycles. The lowest BCUT2D eigenvalue weighted by molar-refractivity contribution is -0.144. The van der Waals surface area contributed by atoms with Crippen molar-refractivity contribution in [3.63, 3.8) is 0 Å². The molecule has 0 aliphatic carbocycles. The number of carboxylic acids is 1. The third-order valence-corrected chi connectivity index (χ3v) is 1.99. The molecular weight excluding hydrogens is 202 g/mol. The minimum absolute atomic E-state index is 0.451. The van der Waals surface area contributed by atoms with Crippen LogP contribution in [0.25, 0.3) is 0 Å². The van der Waals surface area contributed by atoms with E-state index >= 15 is 0 Å². The summed E-state index contributed by atoms with van der Waals surface area (Å²) >= 11 is 0. The van der Waals surface area contributed by atoms with Crippen molar-refractivity contribution in [1.82, 2.24) is 0 Å². The summed E-state index contributed by atoms with van der Waals surface area (Å²) in [5.41, 5.74) is 1.44. The van der Waals surface area contributed by atoms with Crippen molar-refractivity contribution in [3.05, 3.63) is 35.4 Å². The minimum atomic E-state index is -3.18. The van der Waals surface area contributed by atoms with E-state index in [0.29, 0.717) is 5.56 Å². The Balaban J connectivity index is 2.68. The lowest BCUT2D eigenvalue weighted by atomic mass is 10.0. The molecule has 0 radical (unpaired) electrons. The fourth-order valence-electron chi connectivity index (χ4n) is 1.29. The molecule has 1 rings (SSSR count). The average molecular weight is 214 g/mol. The quantitative estimate of drug-likeness (QED) is 0.836. The van der Waals surface area contributed by atoms with Crippen molar-refractivity contribution < 1.29 is 18.7 Å². The summed E-state index contributed by atoms with van der Waals surface area (Å²) < 4.78 is 26.2. The topological polar surface area (TPSA) is 37.3 Å². The lowest BCUT2D eigenvalue weighted by Crippen LogP contribution is -2.23. The first-order valence-electron chi connectivity index (χ1n) is 4.54. The van der Waals surface area contributed by atoms with Crippen LogP contribution >= 0.6 is 0 Å². The first-order chi connectivity index (χ1) is 6.89. The fraction of sp³-hybridized carbons (Fsp3) is 0.364. The van der Waals surface area contributed by atoms with Crippen LogP contribution in [0.15, 0.2) is 24.3 Å². The minimum Gasteiger partial charge on any atom is -0.481 e. The van der Waals surface area contributed by atoms with Crippen LogP contribution in [-0.4, -0.2) is 17.0 Å². The normalized spacial score (nSPS) is 11.4. The Hall–Kier alpha value is -1.45. The van der Waals surface area contributed by atoms with Gasteiger partial charge in [0.1, 0.15) is 6.42 Å². The molecule has 2 nitrogen and oxygen atoms in total. The zero-order valence-corrected chi connectivity index (χ0v) is 8.34. The van der Waals surface area contributed by atoms with E-state index in [4.69, 9.17) is 5.11 Å². The van der Waals surface area contributed by atoms with E-state index in [1.54, 1.807) is 24.3 Å². The molecule has 0 bridgehead atoms. The van der Waals surface area contributed by atoms with Crippen molar-refractivity contribution in [2.75, 3.05) is 0 Å². The van der Waals surface area contributed by atoms with Crippen molar-refractivity contribution in [2.24, 2.45) is 0 Å². The van der Waals surface area contributed by atoms with Crippen LogP contribution in [0.2, 0.25) is 0 Å². The zero-order chi connectivity index (χ0) is 11.5. The molecule has 15 heavy (non-hydrogen) atoms. The van der Waals surface area contributed by atoms with Crippen molar-refractivity contribution in [2.45, 2.75) is 25.7 Å². The maximum Gasteiger partial charge on any atom is 0.309 e. The van der Waals surface area contributed by atoms with E-state index in [9.17, 15) is 13.6 Å². The van der Waals surface area contributed by atoms with Gasteiger partial charge in [0.15, 0.2) is 0 Å². The molecule has 0 fully saturated rings. The van der Waals surface area contributed by atoms with Gasteiger partial charge in [0.25, 0.3) is 5.92 Å². The van der Waals surface area contributed by atoms with Gasteiger partial charge in [-0.1, -0.05) is 29.8 Å². The number of alkyl halides is 2. The van der Waals surface area contributed by atoms with Gasteiger partial charge in [-0.2, -0.15) is 0 Å². The fourth-order valence-corrected chi connectivity index (χ4v) is 1.29. The second-order valence-electron chi connectivity index (χ2n) is 3.59. The van der Waals surface area contributed by atoms with Crippen LogP contribution in [-0.2, 0) is 11.2 Å². The van der Waals surface area contributed by atoms with Crippen molar-refractivity contribution >= 4 is 5.97 Å². The van der Waals surface area contributed by atoms with Crippen LogP contribution in [0.1, 0.15) is 17.5 Å². The highest BCUT2D eigenvalue weighted by molar-refractivity contribution is 5.67. The molecule has 0 heterocycles. The largest absolute Gasteiger partial charge is 0.481 e. The lowest BCUT2D eigenvalue weighted by Gasteiger charge is -2.13. The summed E-state index contributed by atoms with van der Waals surface area (Å²) in [4.78, 5) is 10.2. The van der Waals surface area contributed by atoms with Crippen LogP contribution in [0, 0.1) is 6.92 Å². The molecular formula is C11H12F2O2. The summed E-state index contributed by atoms with van der Waals surface area (Å²) in [6.07, 6.45) is -1.65. The molecule has 0 saturated carbocycles. The van der Waals surface area contributed by atoms with E-state index in [0.717, 1.165) is 5.56 Å². The Morgan fingerprint density at radius 3 is 2.33 bits per heavy atom. The molecule has 0 amide bonds. The molecule has 0 aliphatic rings. The van der Waals surface area contributed by atoms with Crippen LogP contribution in [0.3, 0.4) is 0 Å². The first kappa shape index (κ1) is 11.6. The van der Waals surface area contributed by atoms with Crippen LogP contribution < -0.4 is 0 Å². The highest BCUT2D eigenvalue weighted by atomic mass is 19.3. The van der Waals surface area contributed by atoms with E-state index in [-0.39, 0.29) is 0 Å². The third kappa shape index (κ3) is 4.06. The van der Waals surface area contributed by atoms with Crippen molar-refractivity contribution in [3.8, 4) is 0 Å². The maximum atomic E-state index is 13.1. The third-order valence-electron chi connectivity index (χ3n) is 1.99. The molecule has 1 aromatic rings. The van der Waals surface area contributed by atoms with Gasteiger partial charge in [-0.15, -0.1) is 0 Å². The Labute approximate surface area is 86.5 Å². The predicted octanol–water partition coefficient (Wildman–Crippen LogP) is 2.65. The van der Waals surface area contributed by atoms with Gasteiger partial charge in [0.05, 0.1) is 0 Å². The molecule has 0 atom stereocenters. The highest BCUT2D eigenvalue weighted by Crippen LogP contribution is 2.24. The van der Waals surface area contributed by atoms with E-state index in [1.165, 1.54) is 0 Å². The maximum absolute atomic E-state index is 13.1. The Bertz CT molecular complexity index is 344. The summed E-state index contributed by atoms with van der Waals surface area (Å²) in [5, 5.41) is 8.29. The summed E-state index contributed by atoms with van der Waals surface area (Å²) in [7, 11) is 0. The van der Waals surface area contributed by atoms with Gasteiger partial charge in [-0.3, -0.25) is 4.79 Å². The number of hydrogen-bond donors (Lipinski definition) is 1. The number of aliphatic carboxylic acids is 1. The van der Waals surface area contributed by atoms with E-state index in [1.807, 2.05) is 6.92 Å². The summed E-state index contributed by atoms with van der Waals surface area (Å²) in [6.45, 7) is 1.86. The highest BCUT2D eigenvalue weighted by Gasteiger charge is 2.32. The number of carbonyl (C=O) groups is 1. The SMILES string of the molecule is Cc1ccc(CC(F)(F)CC(=O)O)cc1. The van der Waals surface area contributed by atoms with Gasteiger partial charge in [-0.05, 0) is 12.5 Å². The first-order valence-corrected chi connectivity index (χ1v) is 4.54. The molecule has 1 N–H and O–H groups in total. The zero-order valence-electron chi connectivity index (χ0n) is 8.34. The smallest absolute Gasteiger partial charge is 0.309 e. The summed E-state index contributed by atoms with van der Waals surface area (Å²) in [6, 6.07) is 6.63. The molecule has 0 aromatic heterocycles. The molecule has 82 valence electrons. The van der Waals surface area contributed by atoms with Crippen LogP contribution in [0.5, 0.6) is 0 Å². The number of halogens is 2. The number of aryl methyl sites for hydroxylation is 1. The average Bonchev–Trinajstić information content (AvgIpc) is 2.06. The Morgan fingerprint density at radius 1 is 1.33 bits per heavy atom. The molecule has 0 unspecified atom stereocenters. The van der Waals surface area contributed by atoms with E-state index < -0.39 is 24.7 Å². The summed E-state index contributed by atoms with van der Waals surface area (Å²) in [5.74, 6) is -4.66. The number of hydrogen-bond acceptors (Lipinski definition) is 1. The van der Waals surface area contributed by atoms with Gasteiger partial charge in [0.2, 0.25) is 0 Å². The number of rotatable bonds is 4. The number of benzene rings is 1. The van der Waals surface area contributed by atoms with Crippen LogP contribution in [0.4, 0.5) is 8.78 Å².